The smallest absolute Gasteiger partial charge is 0.415 e. The zero-order valence-corrected chi connectivity index (χ0v) is 24.1. The second kappa shape index (κ2) is 13.4. The number of carbonyl (C=O) groups excluding carboxylic acids is 1. The van der Waals surface area contributed by atoms with Gasteiger partial charge in [0.05, 0.1) is 25.0 Å². The molecule has 1 amide bonds. The normalized spacial score (nSPS) is 17.0. The predicted octanol–water partition coefficient (Wildman–Crippen LogP) is 4.26. The highest BCUT2D eigenvalue weighted by molar-refractivity contribution is 6.32. The zero-order valence-electron chi connectivity index (χ0n) is 23.3. The molecule has 0 radical (unpaired) electrons. The summed E-state index contributed by atoms with van der Waals surface area (Å²) in [6.45, 7) is 1.41. The summed E-state index contributed by atoms with van der Waals surface area (Å²) >= 11 is 6.14. The number of amides is 1. The molecule has 1 aliphatic rings. The molecule has 0 aliphatic heterocycles. The number of aromatic nitrogens is 6. The fourth-order valence-electron chi connectivity index (χ4n) is 4.72. The number of nitrogens with one attached hydrogen (secondary N) is 1. The van der Waals surface area contributed by atoms with Gasteiger partial charge in [0.25, 0.3) is 0 Å². The standard InChI is InChI=1S/C28H28ClN9O5/c1-16(39)14-42-28(40)38(23-8-3-17(10-31-23)19-12-33-27(41-2)34-13-19)21-6-4-20(5-7-21)35-26-32-11-18(9-30)24(36-26)25-22(29)15-43-37-25/h3,8,10-13,15-16,20-21,39H,4-7,14H2,1-2H3,(H,32,35,36). The lowest BCUT2D eigenvalue weighted by atomic mass is 9.90. The molecule has 4 aromatic heterocycles. The molecular formula is C28H28ClN9O5. The quantitative estimate of drug-likeness (QED) is 0.276. The van der Waals surface area contributed by atoms with Crippen molar-refractivity contribution in [3.05, 3.63) is 53.8 Å². The Morgan fingerprint density at radius 2 is 1.88 bits per heavy atom. The van der Waals surface area contributed by atoms with E-state index in [1.165, 1.54) is 24.5 Å². The van der Waals surface area contributed by atoms with Gasteiger partial charge in [-0.1, -0.05) is 16.8 Å². The molecule has 5 rings (SSSR count). The van der Waals surface area contributed by atoms with Gasteiger partial charge in [0.15, 0.2) is 5.69 Å². The molecule has 43 heavy (non-hydrogen) atoms. The maximum atomic E-state index is 13.2. The highest BCUT2D eigenvalue weighted by Gasteiger charge is 2.32. The van der Waals surface area contributed by atoms with Crippen LogP contribution in [0.1, 0.15) is 38.2 Å². The van der Waals surface area contributed by atoms with Crippen LogP contribution in [0.15, 0.2) is 47.7 Å². The number of halogens is 1. The van der Waals surface area contributed by atoms with Gasteiger partial charge in [0.2, 0.25) is 5.95 Å². The molecule has 1 saturated carbocycles. The van der Waals surface area contributed by atoms with Crippen LogP contribution in [0.2, 0.25) is 5.02 Å². The first-order valence-corrected chi connectivity index (χ1v) is 13.8. The third kappa shape index (κ3) is 6.96. The van der Waals surface area contributed by atoms with Crippen LogP contribution in [0.3, 0.4) is 0 Å². The first kappa shape index (κ1) is 29.6. The summed E-state index contributed by atoms with van der Waals surface area (Å²) in [5.74, 6) is 0.749. The average Bonchev–Trinajstić information content (AvgIpc) is 3.47. The van der Waals surface area contributed by atoms with Crippen molar-refractivity contribution >= 4 is 29.5 Å². The van der Waals surface area contributed by atoms with E-state index in [-0.39, 0.29) is 46.7 Å². The van der Waals surface area contributed by atoms with Crippen molar-refractivity contribution in [1.29, 1.82) is 5.26 Å². The number of ether oxygens (including phenoxy) is 2. The van der Waals surface area contributed by atoms with Gasteiger partial charge in [-0.15, -0.1) is 0 Å². The van der Waals surface area contributed by atoms with E-state index in [0.717, 1.165) is 11.1 Å². The number of rotatable bonds is 9. The van der Waals surface area contributed by atoms with Crippen LogP contribution in [0, 0.1) is 11.3 Å². The Balaban J connectivity index is 1.29. The number of hydrogen-bond donors (Lipinski definition) is 2. The molecule has 0 aromatic carbocycles. The van der Waals surface area contributed by atoms with Crippen molar-refractivity contribution in [1.82, 2.24) is 30.1 Å². The van der Waals surface area contributed by atoms with E-state index in [2.05, 4.69) is 35.4 Å². The second-order valence-corrected chi connectivity index (χ2v) is 10.3. The van der Waals surface area contributed by atoms with Crippen LogP contribution in [-0.2, 0) is 4.74 Å². The number of pyridine rings is 1. The summed E-state index contributed by atoms with van der Waals surface area (Å²) in [5.41, 5.74) is 2.26. The van der Waals surface area contributed by atoms with Crippen molar-refractivity contribution in [2.45, 2.75) is 50.8 Å². The monoisotopic (exact) mass is 605 g/mol. The molecule has 0 saturated heterocycles. The summed E-state index contributed by atoms with van der Waals surface area (Å²) in [7, 11) is 1.49. The van der Waals surface area contributed by atoms with E-state index in [9.17, 15) is 15.2 Å². The van der Waals surface area contributed by atoms with E-state index in [1.54, 1.807) is 31.6 Å². The van der Waals surface area contributed by atoms with Gasteiger partial charge in [-0.2, -0.15) is 5.26 Å². The Bertz CT molecular complexity index is 1580. The first-order valence-electron chi connectivity index (χ1n) is 13.5. The minimum atomic E-state index is -0.805. The summed E-state index contributed by atoms with van der Waals surface area (Å²) < 4.78 is 15.3. The number of nitriles is 1. The Morgan fingerprint density at radius 3 is 2.49 bits per heavy atom. The summed E-state index contributed by atoms with van der Waals surface area (Å²) in [4.78, 5) is 36.3. The number of aliphatic hydroxyl groups is 1. The summed E-state index contributed by atoms with van der Waals surface area (Å²) in [6, 6.07) is 5.69. The third-order valence-corrected chi connectivity index (χ3v) is 7.11. The van der Waals surface area contributed by atoms with Crippen LogP contribution in [0.4, 0.5) is 16.6 Å². The van der Waals surface area contributed by atoms with E-state index in [0.29, 0.717) is 37.4 Å². The fourth-order valence-corrected chi connectivity index (χ4v) is 4.88. The molecule has 1 atom stereocenters. The average molecular weight is 606 g/mol. The Kier molecular flexibility index (Phi) is 9.23. The first-order chi connectivity index (χ1) is 20.9. The van der Waals surface area contributed by atoms with Gasteiger partial charge in [-0.3, -0.25) is 4.90 Å². The fraction of sp³-hybridized carbons (Fsp3) is 0.357. The van der Waals surface area contributed by atoms with Gasteiger partial charge >= 0.3 is 12.1 Å². The molecule has 2 N–H and O–H groups in total. The van der Waals surface area contributed by atoms with Gasteiger partial charge in [-0.25, -0.2) is 29.7 Å². The van der Waals surface area contributed by atoms with Crippen molar-refractivity contribution in [2.75, 3.05) is 23.9 Å². The van der Waals surface area contributed by atoms with E-state index < -0.39 is 12.2 Å². The van der Waals surface area contributed by atoms with E-state index >= 15 is 0 Å². The minimum Gasteiger partial charge on any atom is -0.467 e. The molecule has 14 nitrogen and oxygen atoms in total. The van der Waals surface area contributed by atoms with Crippen LogP contribution >= 0.6 is 11.6 Å². The molecule has 0 spiro atoms. The Hall–Kier alpha value is -4.87. The largest absolute Gasteiger partial charge is 0.467 e. The summed E-state index contributed by atoms with van der Waals surface area (Å²) in [5, 5.41) is 26.6. The van der Waals surface area contributed by atoms with Gasteiger partial charge in [0.1, 0.15) is 35.5 Å². The molecule has 0 bridgehead atoms. The van der Waals surface area contributed by atoms with Crippen LogP contribution in [0.5, 0.6) is 6.01 Å². The molecule has 1 unspecified atom stereocenters. The zero-order chi connectivity index (χ0) is 30.3. The number of anilines is 2. The van der Waals surface area contributed by atoms with Crippen molar-refractivity contribution in [3.63, 3.8) is 0 Å². The van der Waals surface area contributed by atoms with Crippen molar-refractivity contribution in [2.24, 2.45) is 0 Å². The number of aliphatic hydroxyl groups excluding tert-OH is 1. The minimum absolute atomic E-state index is 0.00515. The maximum absolute atomic E-state index is 13.2. The van der Waals surface area contributed by atoms with Crippen LogP contribution in [0.25, 0.3) is 22.5 Å². The Morgan fingerprint density at radius 1 is 1.14 bits per heavy atom. The maximum Gasteiger partial charge on any atom is 0.415 e. The van der Waals surface area contributed by atoms with E-state index in [1.807, 2.05) is 12.1 Å². The van der Waals surface area contributed by atoms with Crippen LogP contribution < -0.4 is 15.0 Å². The lowest BCUT2D eigenvalue weighted by Gasteiger charge is -2.36. The predicted molar refractivity (Wildman–Crippen MR) is 154 cm³/mol. The van der Waals surface area contributed by atoms with Crippen molar-refractivity contribution in [3.8, 4) is 34.6 Å². The topological polar surface area (TPSA) is 185 Å². The highest BCUT2D eigenvalue weighted by Crippen LogP contribution is 2.31. The SMILES string of the molecule is COc1ncc(-c2ccc(N(C(=O)OCC(C)O)C3CCC(Nc4ncc(C#N)c(-c5nocc5Cl)n4)CC3)nc2)cn1. The lowest BCUT2D eigenvalue weighted by molar-refractivity contribution is 0.0800. The molecule has 222 valence electrons. The number of hydrogen-bond acceptors (Lipinski definition) is 13. The molecular weight excluding hydrogens is 578 g/mol. The van der Waals surface area contributed by atoms with Gasteiger partial charge < -0.3 is 24.4 Å². The number of methoxy groups -OCH3 is 1. The molecule has 4 heterocycles. The van der Waals surface area contributed by atoms with Gasteiger partial charge in [0, 0.05) is 41.8 Å². The summed E-state index contributed by atoms with van der Waals surface area (Å²) in [6.07, 6.45) is 8.84. The van der Waals surface area contributed by atoms with Gasteiger partial charge in [-0.05, 0) is 44.7 Å². The molecule has 1 aliphatic carbocycles. The number of nitrogens with zero attached hydrogens (tertiary/aromatic N) is 8. The lowest BCUT2D eigenvalue weighted by Crippen LogP contribution is -2.45. The molecule has 15 heteroatoms. The Labute approximate surface area is 251 Å². The van der Waals surface area contributed by atoms with Crippen molar-refractivity contribution < 1.29 is 23.9 Å². The van der Waals surface area contributed by atoms with Crippen LogP contribution in [-0.4, -0.2) is 73.2 Å². The molecule has 1 fully saturated rings. The van der Waals surface area contributed by atoms with E-state index in [4.69, 9.17) is 25.6 Å². The second-order valence-electron chi connectivity index (χ2n) is 9.89. The molecule has 4 aromatic rings. The third-order valence-electron chi connectivity index (χ3n) is 6.84. The highest BCUT2D eigenvalue weighted by atomic mass is 35.5. The number of carbonyl (C=O) groups is 1.